The summed E-state index contributed by atoms with van der Waals surface area (Å²) in [6.07, 6.45) is 18.5. The maximum absolute atomic E-state index is 12.6. The topological polar surface area (TPSA) is 60.2 Å². The summed E-state index contributed by atoms with van der Waals surface area (Å²) in [6, 6.07) is 0. The minimum Gasteiger partial charge on any atom is -0.462 e. The van der Waals surface area contributed by atoms with E-state index < -0.39 is 0 Å². The number of thiazole rings is 1. The van der Waals surface area contributed by atoms with Crippen molar-refractivity contribution in [1.82, 2.24) is 14.5 Å². The lowest BCUT2D eigenvalue weighted by Gasteiger charge is -2.26. The zero-order valence-corrected chi connectivity index (χ0v) is 17.3. The third-order valence-corrected chi connectivity index (χ3v) is 6.50. The minimum absolute atomic E-state index is 0.0315. The molecule has 2 aliphatic carbocycles. The number of ether oxygens (including phenoxy) is 1. The molecular formula is C22H22N4O2S. The second-order valence-corrected chi connectivity index (χ2v) is 9.27. The molecule has 0 aromatic carbocycles. The molecule has 0 saturated carbocycles. The highest BCUT2D eigenvalue weighted by molar-refractivity contribution is 7.17. The fourth-order valence-electron chi connectivity index (χ4n) is 4.00. The average Bonchev–Trinajstić information content (AvgIpc) is 3.37. The van der Waals surface area contributed by atoms with Crippen LogP contribution >= 0.6 is 11.3 Å². The van der Waals surface area contributed by atoms with E-state index in [1.54, 1.807) is 18.8 Å². The number of aromatic nitrogens is 3. The summed E-state index contributed by atoms with van der Waals surface area (Å²) in [5.41, 5.74) is 3.07. The number of nitrogens with zero attached hydrogens (tertiary/aromatic N) is 4. The van der Waals surface area contributed by atoms with Crippen molar-refractivity contribution in [2.75, 3.05) is 4.90 Å². The van der Waals surface area contributed by atoms with E-state index in [1.807, 2.05) is 28.1 Å². The van der Waals surface area contributed by atoms with Gasteiger partial charge in [0.05, 0.1) is 28.8 Å². The van der Waals surface area contributed by atoms with Gasteiger partial charge in [0.1, 0.15) is 12.0 Å². The van der Waals surface area contributed by atoms with E-state index >= 15 is 0 Å². The first kappa shape index (κ1) is 18.1. The van der Waals surface area contributed by atoms with Crippen molar-refractivity contribution in [3.63, 3.8) is 0 Å². The van der Waals surface area contributed by atoms with Crippen LogP contribution in [0.15, 0.2) is 60.9 Å². The Balaban J connectivity index is 1.51. The summed E-state index contributed by atoms with van der Waals surface area (Å²) < 4.78 is 7.88. The lowest BCUT2D eigenvalue weighted by atomic mass is 9.78. The predicted octanol–water partition coefficient (Wildman–Crippen LogP) is 4.91. The molecule has 1 aliphatic heterocycles. The number of allylic oxidation sites excluding steroid dienone is 4. The molecule has 0 radical (unpaired) electrons. The molecule has 0 spiro atoms. The molecule has 2 aromatic rings. The molecule has 7 heteroatoms. The highest BCUT2D eigenvalue weighted by Crippen LogP contribution is 2.40. The SMILES string of the molecule is CC1(C)CC(=O)c2sc(N3C=COC(C4=C(n5ccnc5)C=CCC4)=C3)nc2C1. The monoisotopic (exact) mass is 406 g/mol. The van der Waals surface area contributed by atoms with Crippen LogP contribution < -0.4 is 4.90 Å². The second-order valence-electron chi connectivity index (χ2n) is 8.29. The van der Waals surface area contributed by atoms with Crippen LogP contribution in [0.3, 0.4) is 0 Å². The van der Waals surface area contributed by atoms with Crippen molar-refractivity contribution in [2.45, 2.75) is 39.5 Å². The number of ketones is 1. The van der Waals surface area contributed by atoms with E-state index in [1.165, 1.54) is 11.3 Å². The van der Waals surface area contributed by atoms with Crippen molar-refractivity contribution >= 4 is 27.9 Å². The first-order valence-electron chi connectivity index (χ1n) is 9.75. The van der Waals surface area contributed by atoms with E-state index in [4.69, 9.17) is 9.72 Å². The van der Waals surface area contributed by atoms with Crippen LogP contribution in [0, 0.1) is 5.41 Å². The van der Waals surface area contributed by atoms with Crippen LogP contribution in [-0.4, -0.2) is 20.3 Å². The number of imidazole rings is 1. The van der Waals surface area contributed by atoms with Crippen molar-refractivity contribution in [1.29, 1.82) is 0 Å². The van der Waals surface area contributed by atoms with Crippen LogP contribution in [0.1, 0.15) is 48.5 Å². The van der Waals surface area contributed by atoms with E-state index in [-0.39, 0.29) is 11.2 Å². The van der Waals surface area contributed by atoms with Crippen molar-refractivity contribution in [3.8, 4) is 0 Å². The molecule has 0 N–H and O–H groups in total. The quantitative estimate of drug-likeness (QED) is 0.725. The Bertz CT molecular complexity index is 1090. The molecule has 29 heavy (non-hydrogen) atoms. The molecule has 148 valence electrons. The maximum Gasteiger partial charge on any atom is 0.194 e. The van der Waals surface area contributed by atoms with Gasteiger partial charge in [-0.15, -0.1) is 0 Å². The average molecular weight is 407 g/mol. The van der Waals surface area contributed by atoms with Crippen LogP contribution in [0.25, 0.3) is 5.70 Å². The van der Waals surface area contributed by atoms with E-state index in [0.717, 1.165) is 52.0 Å². The Morgan fingerprint density at radius 1 is 1.28 bits per heavy atom. The molecule has 0 atom stereocenters. The standard InChI is InChI=1S/C22H22N4O2S/c1-22(2)11-16-20(18(27)12-22)29-21(24-16)25-9-10-28-19(13-25)15-5-3-4-6-17(15)26-8-7-23-14-26/h4,6-10,13-14H,3,5,11-12H2,1-2H3. The number of carbonyl (C=O) groups is 1. The van der Waals surface area contributed by atoms with Gasteiger partial charge in [-0.05, 0) is 30.8 Å². The van der Waals surface area contributed by atoms with Gasteiger partial charge in [0.25, 0.3) is 0 Å². The number of hydrogen-bond donors (Lipinski definition) is 0. The van der Waals surface area contributed by atoms with Crippen LogP contribution in [0.5, 0.6) is 0 Å². The Hall–Kier alpha value is -2.93. The molecule has 0 unspecified atom stereocenters. The maximum atomic E-state index is 12.6. The first-order chi connectivity index (χ1) is 14.0. The molecular weight excluding hydrogens is 384 g/mol. The number of anilines is 1. The summed E-state index contributed by atoms with van der Waals surface area (Å²) in [7, 11) is 0. The summed E-state index contributed by atoms with van der Waals surface area (Å²) in [5.74, 6) is 0.990. The Labute approximate surface area is 173 Å². The highest BCUT2D eigenvalue weighted by atomic mass is 32.1. The number of carbonyl (C=O) groups excluding carboxylic acids is 1. The van der Waals surface area contributed by atoms with Crippen LogP contribution in [-0.2, 0) is 11.2 Å². The Morgan fingerprint density at radius 3 is 3.00 bits per heavy atom. The van der Waals surface area contributed by atoms with Crippen molar-refractivity contribution in [2.24, 2.45) is 5.41 Å². The van der Waals surface area contributed by atoms with Crippen LogP contribution in [0.2, 0.25) is 0 Å². The van der Waals surface area contributed by atoms with E-state index in [0.29, 0.717) is 6.42 Å². The van der Waals surface area contributed by atoms with Gasteiger partial charge in [0, 0.05) is 30.6 Å². The molecule has 5 rings (SSSR count). The van der Waals surface area contributed by atoms with Crippen molar-refractivity contribution in [3.05, 3.63) is 71.4 Å². The number of Topliss-reactive ketones (excluding diaryl/α,β-unsaturated/α-hetero) is 1. The summed E-state index contributed by atoms with van der Waals surface area (Å²) in [4.78, 5) is 24.3. The third kappa shape index (κ3) is 3.35. The molecule has 3 heterocycles. The number of fused-ring (bicyclic) bond motifs is 1. The zero-order valence-electron chi connectivity index (χ0n) is 16.5. The molecule has 6 nitrogen and oxygen atoms in total. The largest absolute Gasteiger partial charge is 0.462 e. The lowest BCUT2D eigenvalue weighted by molar-refractivity contribution is 0.0916. The summed E-state index contributed by atoms with van der Waals surface area (Å²) in [5, 5.41) is 0.800. The van der Waals surface area contributed by atoms with Gasteiger partial charge >= 0.3 is 0 Å². The van der Waals surface area contributed by atoms with Gasteiger partial charge in [0.15, 0.2) is 10.9 Å². The summed E-state index contributed by atoms with van der Waals surface area (Å²) in [6.45, 7) is 4.25. The smallest absolute Gasteiger partial charge is 0.194 e. The number of rotatable bonds is 3. The van der Waals surface area contributed by atoms with Gasteiger partial charge in [-0.3, -0.25) is 9.69 Å². The van der Waals surface area contributed by atoms with E-state index in [9.17, 15) is 4.79 Å². The molecule has 0 fully saturated rings. The van der Waals surface area contributed by atoms with Gasteiger partial charge in [-0.25, -0.2) is 9.97 Å². The van der Waals surface area contributed by atoms with Gasteiger partial charge < -0.3 is 9.30 Å². The second kappa shape index (κ2) is 6.84. The van der Waals surface area contributed by atoms with Crippen molar-refractivity contribution < 1.29 is 9.53 Å². The Kier molecular flexibility index (Phi) is 4.28. The highest BCUT2D eigenvalue weighted by Gasteiger charge is 2.34. The fraction of sp³-hybridized carbons (Fsp3) is 0.318. The fourth-order valence-corrected chi connectivity index (χ4v) is 4.98. The normalized spacial score (nSPS) is 20.6. The molecule has 0 bridgehead atoms. The number of hydrogen-bond acceptors (Lipinski definition) is 6. The van der Waals surface area contributed by atoms with Gasteiger partial charge in [-0.2, -0.15) is 0 Å². The first-order valence-corrected chi connectivity index (χ1v) is 10.6. The third-order valence-electron chi connectivity index (χ3n) is 5.34. The van der Waals surface area contributed by atoms with Gasteiger partial charge in [-0.1, -0.05) is 31.3 Å². The molecule has 0 amide bonds. The predicted molar refractivity (Wildman–Crippen MR) is 113 cm³/mol. The van der Waals surface area contributed by atoms with Gasteiger partial charge in [0.2, 0.25) is 0 Å². The summed E-state index contributed by atoms with van der Waals surface area (Å²) >= 11 is 1.47. The Morgan fingerprint density at radius 2 is 2.17 bits per heavy atom. The lowest BCUT2D eigenvalue weighted by Crippen LogP contribution is -2.26. The van der Waals surface area contributed by atoms with Crippen LogP contribution in [0.4, 0.5) is 5.13 Å². The van der Waals surface area contributed by atoms with E-state index in [2.05, 4.69) is 31.0 Å². The molecule has 2 aromatic heterocycles. The molecule has 0 saturated heterocycles. The zero-order chi connectivity index (χ0) is 20.0. The minimum atomic E-state index is -0.0315. The molecule has 3 aliphatic rings.